The fourth-order valence-electron chi connectivity index (χ4n) is 3.77. The molecular weight excluding hydrogens is 468 g/mol. The lowest BCUT2D eigenvalue weighted by Gasteiger charge is -2.38. The summed E-state index contributed by atoms with van der Waals surface area (Å²) in [5, 5.41) is 13.2. The molecule has 0 aliphatic carbocycles. The number of nitrogens with zero attached hydrogens (tertiary/aromatic N) is 2. The van der Waals surface area contributed by atoms with Crippen LogP contribution in [0, 0.1) is 11.8 Å². The van der Waals surface area contributed by atoms with Gasteiger partial charge in [-0.25, -0.2) is 9.80 Å². The van der Waals surface area contributed by atoms with E-state index in [-0.39, 0.29) is 5.24 Å². The molecule has 6 nitrogen and oxygen atoms in total. The number of unbranched alkanes of at least 4 members (excludes halogenated alkanes) is 1. The van der Waals surface area contributed by atoms with E-state index in [0.717, 1.165) is 48.5 Å². The number of amides is 1. The van der Waals surface area contributed by atoms with Crippen LogP contribution in [0.2, 0.25) is 0 Å². The van der Waals surface area contributed by atoms with E-state index < -0.39 is 5.97 Å². The normalized spacial score (nSPS) is 14.1. The molecule has 0 atom stereocenters. The molecule has 0 unspecified atom stereocenters. The highest BCUT2D eigenvalue weighted by molar-refractivity contribution is 8.13. The van der Waals surface area contributed by atoms with E-state index in [1.807, 2.05) is 35.3 Å². The SMILES string of the molecule is O=C(O)c1ccc(CCN2C(=O)SCCN2CCCCc2cccc(C#Cc3ccco3)c2)s1. The van der Waals surface area contributed by atoms with Crippen molar-refractivity contribution in [2.24, 2.45) is 0 Å². The van der Waals surface area contributed by atoms with E-state index in [1.165, 1.54) is 28.7 Å². The van der Waals surface area contributed by atoms with Crippen molar-refractivity contribution in [2.75, 3.05) is 25.4 Å². The van der Waals surface area contributed by atoms with Crippen molar-refractivity contribution >= 4 is 34.3 Å². The van der Waals surface area contributed by atoms with Crippen molar-refractivity contribution in [1.29, 1.82) is 0 Å². The molecule has 176 valence electrons. The molecule has 1 amide bonds. The van der Waals surface area contributed by atoms with Gasteiger partial charge in [-0.2, -0.15) is 0 Å². The van der Waals surface area contributed by atoms with E-state index >= 15 is 0 Å². The second kappa shape index (κ2) is 11.9. The summed E-state index contributed by atoms with van der Waals surface area (Å²) in [5.41, 5.74) is 2.22. The predicted molar refractivity (Wildman–Crippen MR) is 135 cm³/mol. The Morgan fingerprint density at radius 1 is 1.06 bits per heavy atom. The average Bonchev–Trinajstić information content (AvgIpc) is 3.53. The minimum Gasteiger partial charge on any atom is -0.477 e. The van der Waals surface area contributed by atoms with E-state index in [2.05, 4.69) is 29.0 Å². The molecule has 1 fully saturated rings. The van der Waals surface area contributed by atoms with Crippen molar-refractivity contribution in [2.45, 2.75) is 25.7 Å². The third-order valence-electron chi connectivity index (χ3n) is 5.48. The minimum absolute atomic E-state index is 0.0732. The lowest BCUT2D eigenvalue weighted by molar-refractivity contribution is 0.0270. The van der Waals surface area contributed by atoms with Gasteiger partial charge in [-0.05, 0) is 67.1 Å². The number of aryl methyl sites for hydroxylation is 1. The van der Waals surface area contributed by atoms with Gasteiger partial charge in [-0.15, -0.1) is 11.3 Å². The van der Waals surface area contributed by atoms with Crippen molar-refractivity contribution in [3.05, 3.63) is 81.4 Å². The Morgan fingerprint density at radius 2 is 1.97 bits per heavy atom. The number of carboxylic acids is 1. The van der Waals surface area contributed by atoms with Crippen molar-refractivity contribution < 1.29 is 19.1 Å². The molecule has 0 saturated carbocycles. The Morgan fingerprint density at radius 3 is 2.76 bits per heavy atom. The zero-order valence-electron chi connectivity index (χ0n) is 18.7. The van der Waals surface area contributed by atoms with Gasteiger partial charge in [-0.1, -0.05) is 29.8 Å². The monoisotopic (exact) mass is 494 g/mol. The summed E-state index contributed by atoms with van der Waals surface area (Å²) >= 11 is 2.63. The van der Waals surface area contributed by atoms with Gasteiger partial charge in [0.25, 0.3) is 5.24 Å². The highest BCUT2D eigenvalue weighted by Crippen LogP contribution is 2.22. The quantitative estimate of drug-likeness (QED) is 0.318. The molecule has 0 bridgehead atoms. The van der Waals surface area contributed by atoms with Gasteiger partial charge in [0.05, 0.1) is 6.26 Å². The molecule has 3 heterocycles. The number of thiophene rings is 1. The average molecular weight is 495 g/mol. The molecule has 34 heavy (non-hydrogen) atoms. The van der Waals surface area contributed by atoms with Gasteiger partial charge >= 0.3 is 5.97 Å². The molecule has 1 saturated heterocycles. The van der Waals surface area contributed by atoms with Crippen LogP contribution in [0.5, 0.6) is 0 Å². The Bertz CT molecular complexity index is 1180. The van der Waals surface area contributed by atoms with Crippen LogP contribution in [-0.2, 0) is 12.8 Å². The third-order valence-corrected chi connectivity index (χ3v) is 7.46. The number of carbonyl (C=O) groups excluding carboxylic acids is 1. The summed E-state index contributed by atoms with van der Waals surface area (Å²) in [6, 6.07) is 15.4. The Kier molecular flexibility index (Phi) is 8.47. The first-order valence-electron chi connectivity index (χ1n) is 11.2. The topological polar surface area (TPSA) is 74.0 Å². The standard InChI is InChI=1S/C26H26N2O4S2/c29-25(30)24-12-11-23(34-24)13-15-28-26(31)33-18-16-27(28)14-2-1-5-20-6-3-7-21(19-20)9-10-22-8-4-17-32-22/h3-4,6-8,11-12,17,19H,1-2,5,13-16,18H2,(H,29,30). The number of hydrogen-bond acceptors (Lipinski definition) is 6. The van der Waals surface area contributed by atoms with Crippen LogP contribution in [-0.4, -0.2) is 51.7 Å². The van der Waals surface area contributed by atoms with E-state index in [4.69, 9.17) is 9.52 Å². The van der Waals surface area contributed by atoms with E-state index in [1.54, 1.807) is 12.3 Å². The molecule has 1 aliphatic heterocycles. The lowest BCUT2D eigenvalue weighted by atomic mass is 10.1. The summed E-state index contributed by atoms with van der Waals surface area (Å²) in [6.07, 6.45) is 5.24. The van der Waals surface area contributed by atoms with Crippen LogP contribution in [0.25, 0.3) is 0 Å². The molecule has 2 aromatic heterocycles. The fraction of sp³-hybridized carbons (Fsp3) is 0.308. The summed E-state index contributed by atoms with van der Waals surface area (Å²) in [4.78, 5) is 24.9. The van der Waals surface area contributed by atoms with Gasteiger partial charge in [0.1, 0.15) is 4.88 Å². The molecule has 1 N–H and O–H groups in total. The molecule has 0 radical (unpaired) electrons. The molecule has 8 heteroatoms. The summed E-state index contributed by atoms with van der Waals surface area (Å²) in [5.74, 6) is 6.72. The Labute approximate surface area is 207 Å². The van der Waals surface area contributed by atoms with Crippen molar-refractivity contribution in [3.8, 4) is 11.8 Å². The maximum absolute atomic E-state index is 12.5. The first kappa shape index (κ1) is 24.1. The highest BCUT2D eigenvalue weighted by Gasteiger charge is 2.26. The first-order valence-corrected chi connectivity index (χ1v) is 13.0. The van der Waals surface area contributed by atoms with Crippen LogP contribution < -0.4 is 0 Å². The largest absolute Gasteiger partial charge is 0.477 e. The van der Waals surface area contributed by atoms with Crippen LogP contribution in [0.3, 0.4) is 0 Å². The van der Waals surface area contributed by atoms with Crippen LogP contribution in [0.15, 0.2) is 59.2 Å². The molecule has 0 spiro atoms. The van der Waals surface area contributed by atoms with Gasteiger partial charge in [0.15, 0.2) is 5.76 Å². The molecule has 1 aliphatic rings. The smallest absolute Gasteiger partial charge is 0.345 e. The molecule has 3 aromatic rings. The minimum atomic E-state index is -0.905. The molecular formula is C26H26N2O4S2. The maximum Gasteiger partial charge on any atom is 0.345 e. The molecule has 1 aromatic carbocycles. The zero-order chi connectivity index (χ0) is 23.8. The summed E-state index contributed by atoms with van der Waals surface area (Å²) < 4.78 is 5.26. The number of hydrazine groups is 1. The van der Waals surface area contributed by atoms with Gasteiger partial charge in [-0.3, -0.25) is 9.80 Å². The number of rotatable bonds is 9. The number of benzene rings is 1. The zero-order valence-corrected chi connectivity index (χ0v) is 20.4. The number of thioether (sulfide) groups is 1. The number of hydrogen-bond donors (Lipinski definition) is 1. The number of carbonyl (C=O) groups is 2. The lowest BCUT2D eigenvalue weighted by Crippen LogP contribution is -2.50. The highest BCUT2D eigenvalue weighted by atomic mass is 32.2. The second-order valence-corrected chi connectivity index (χ2v) is 10.1. The third kappa shape index (κ3) is 6.76. The van der Waals surface area contributed by atoms with Gasteiger partial charge in [0.2, 0.25) is 0 Å². The molecule has 4 rings (SSSR count). The first-order chi connectivity index (χ1) is 16.6. The van der Waals surface area contributed by atoms with Crippen molar-refractivity contribution in [3.63, 3.8) is 0 Å². The number of aromatic carboxylic acids is 1. The van der Waals surface area contributed by atoms with Gasteiger partial charge < -0.3 is 9.52 Å². The Hall–Kier alpha value is -2.99. The summed E-state index contributed by atoms with van der Waals surface area (Å²) in [6.45, 7) is 2.25. The van der Waals surface area contributed by atoms with Crippen molar-refractivity contribution in [1.82, 2.24) is 10.0 Å². The predicted octanol–water partition coefficient (Wildman–Crippen LogP) is 5.39. The van der Waals surface area contributed by atoms with Crippen LogP contribution >= 0.6 is 23.1 Å². The number of furan rings is 1. The van der Waals surface area contributed by atoms with Gasteiger partial charge in [0, 0.05) is 42.2 Å². The Balaban J connectivity index is 1.26. The van der Waals surface area contributed by atoms with Crippen LogP contribution in [0.1, 0.15) is 44.3 Å². The second-order valence-electron chi connectivity index (χ2n) is 7.90. The maximum atomic E-state index is 12.5. The van der Waals surface area contributed by atoms with Crippen LogP contribution in [0.4, 0.5) is 4.79 Å². The van der Waals surface area contributed by atoms with E-state index in [9.17, 15) is 9.59 Å². The number of carboxylic acid groups (broad SMARTS) is 1. The van der Waals surface area contributed by atoms with E-state index in [0.29, 0.717) is 23.6 Å². The summed E-state index contributed by atoms with van der Waals surface area (Å²) in [7, 11) is 0. The fourth-order valence-corrected chi connectivity index (χ4v) is 5.44.